The van der Waals surface area contributed by atoms with Gasteiger partial charge in [-0.1, -0.05) is 20.8 Å². The zero-order chi connectivity index (χ0) is 22.9. The van der Waals surface area contributed by atoms with Crippen LogP contribution in [0.25, 0.3) is 0 Å². The number of methoxy groups -OCH3 is 1. The normalized spacial score (nSPS) is 44.3. The topological polar surface area (TPSA) is 55.8 Å². The summed E-state index contributed by atoms with van der Waals surface area (Å²) in [6.07, 6.45) is 14.8. The van der Waals surface area contributed by atoms with E-state index in [-0.39, 0.29) is 12.6 Å². The largest absolute Gasteiger partial charge is 0.469 e. The Labute approximate surface area is 196 Å². The van der Waals surface area contributed by atoms with Gasteiger partial charge in [-0.3, -0.25) is 4.79 Å². The van der Waals surface area contributed by atoms with Crippen LogP contribution < -0.4 is 0 Å². The summed E-state index contributed by atoms with van der Waals surface area (Å²) in [5.41, 5.74) is 0.959. The fourth-order valence-corrected chi connectivity index (χ4v) is 9.31. The van der Waals surface area contributed by atoms with Crippen LogP contribution in [0.4, 0.5) is 0 Å². The number of fused-ring (bicyclic) bond motifs is 5. The zero-order valence-electron chi connectivity index (χ0n) is 21.1. The van der Waals surface area contributed by atoms with E-state index in [2.05, 4.69) is 20.8 Å². The summed E-state index contributed by atoms with van der Waals surface area (Å²) in [4.78, 5) is 11.7. The summed E-state index contributed by atoms with van der Waals surface area (Å²) < 4.78 is 11.0. The molecule has 0 saturated heterocycles. The van der Waals surface area contributed by atoms with Crippen LogP contribution in [0, 0.1) is 46.3 Å². The van der Waals surface area contributed by atoms with E-state index in [0.717, 1.165) is 42.4 Å². The zero-order valence-corrected chi connectivity index (χ0v) is 21.1. The Morgan fingerprint density at radius 3 is 2.53 bits per heavy atom. The van der Waals surface area contributed by atoms with Crippen molar-refractivity contribution in [3.05, 3.63) is 0 Å². The molecule has 1 unspecified atom stereocenters. The Balaban J connectivity index is 1.41. The summed E-state index contributed by atoms with van der Waals surface area (Å²) >= 11 is 0. The van der Waals surface area contributed by atoms with E-state index in [1.165, 1.54) is 64.9 Å². The quantitative estimate of drug-likeness (QED) is 0.365. The Morgan fingerprint density at radius 1 is 1.03 bits per heavy atom. The maximum atomic E-state index is 11.7. The van der Waals surface area contributed by atoms with E-state index < -0.39 is 0 Å². The number of aliphatic hydroxyl groups is 1. The number of hydrogen-bond donors (Lipinski definition) is 1. The monoisotopic (exact) mass is 448 g/mol. The van der Waals surface area contributed by atoms with Gasteiger partial charge in [-0.05, 0) is 117 Å². The van der Waals surface area contributed by atoms with Crippen molar-refractivity contribution in [3.63, 3.8) is 0 Å². The molecule has 4 heteroatoms. The predicted octanol–water partition coefficient (Wildman–Crippen LogP) is 6.00. The van der Waals surface area contributed by atoms with Crippen molar-refractivity contribution in [2.24, 2.45) is 46.3 Å². The van der Waals surface area contributed by atoms with E-state index in [0.29, 0.717) is 35.9 Å². The average Bonchev–Trinajstić information content (AvgIpc) is 3.14. The fraction of sp³-hybridized carbons (Fsp3) is 0.964. The Kier molecular flexibility index (Phi) is 7.61. The molecule has 4 aliphatic rings. The third-order valence-corrected chi connectivity index (χ3v) is 11.1. The summed E-state index contributed by atoms with van der Waals surface area (Å²) in [5.74, 6) is 4.81. The van der Waals surface area contributed by atoms with E-state index in [4.69, 9.17) is 14.6 Å². The van der Waals surface area contributed by atoms with Gasteiger partial charge in [0.2, 0.25) is 0 Å². The fourth-order valence-electron chi connectivity index (χ4n) is 9.31. The lowest BCUT2D eigenvalue weighted by Crippen LogP contribution is -2.54. The van der Waals surface area contributed by atoms with Gasteiger partial charge in [0.15, 0.2) is 0 Å². The molecule has 4 aliphatic carbocycles. The summed E-state index contributed by atoms with van der Waals surface area (Å²) in [6.45, 7) is 8.59. The van der Waals surface area contributed by atoms with Crippen LogP contribution in [0.15, 0.2) is 0 Å². The number of ether oxygens (including phenoxy) is 2. The molecule has 1 N–H and O–H groups in total. The third kappa shape index (κ3) is 4.40. The van der Waals surface area contributed by atoms with Crippen molar-refractivity contribution < 1.29 is 19.4 Å². The minimum absolute atomic E-state index is 0.0533. The standard InChI is InChI=1S/C28H48O4/c1-19(6-11-26(30)31-4)23-9-10-24-22-8-7-20-18-21(32-17-5-16-29)12-14-27(20,2)25(22)13-15-28(23,24)3/h19-25,29H,5-18H2,1-4H3/t19-,20?,21+,22+,23-,24+,25+,27+,28-/m1/s1. The highest BCUT2D eigenvalue weighted by Crippen LogP contribution is 2.68. The molecule has 0 aromatic carbocycles. The Morgan fingerprint density at radius 2 is 1.78 bits per heavy atom. The minimum atomic E-state index is -0.0533. The van der Waals surface area contributed by atoms with E-state index in [1.54, 1.807) is 0 Å². The molecule has 0 spiro atoms. The Bertz CT molecular complexity index is 649. The van der Waals surface area contributed by atoms with Crippen molar-refractivity contribution in [2.75, 3.05) is 20.3 Å². The van der Waals surface area contributed by atoms with Crippen molar-refractivity contribution in [1.29, 1.82) is 0 Å². The number of carbonyl (C=O) groups is 1. The van der Waals surface area contributed by atoms with Gasteiger partial charge in [-0.2, -0.15) is 0 Å². The molecule has 4 fully saturated rings. The van der Waals surface area contributed by atoms with Gasteiger partial charge >= 0.3 is 5.97 Å². The molecule has 0 aromatic heterocycles. The van der Waals surface area contributed by atoms with Crippen molar-refractivity contribution >= 4 is 5.97 Å². The van der Waals surface area contributed by atoms with Gasteiger partial charge in [0.25, 0.3) is 0 Å². The van der Waals surface area contributed by atoms with E-state index in [1.807, 2.05) is 0 Å². The first-order valence-corrected chi connectivity index (χ1v) is 13.6. The smallest absolute Gasteiger partial charge is 0.305 e. The lowest BCUT2D eigenvalue weighted by Gasteiger charge is -2.61. The molecule has 0 amide bonds. The second-order valence-corrected chi connectivity index (χ2v) is 12.3. The maximum Gasteiger partial charge on any atom is 0.305 e. The molecule has 0 aliphatic heterocycles. The number of hydrogen-bond acceptors (Lipinski definition) is 4. The maximum absolute atomic E-state index is 11.7. The lowest BCUT2D eigenvalue weighted by atomic mass is 9.44. The summed E-state index contributed by atoms with van der Waals surface area (Å²) in [5, 5.41) is 9.07. The van der Waals surface area contributed by atoms with E-state index in [9.17, 15) is 4.79 Å². The molecule has 184 valence electrons. The number of rotatable bonds is 8. The molecular formula is C28H48O4. The number of carbonyl (C=O) groups excluding carboxylic acids is 1. The van der Waals surface area contributed by atoms with Crippen LogP contribution in [-0.4, -0.2) is 37.5 Å². The molecule has 0 bridgehead atoms. The van der Waals surface area contributed by atoms with Crippen LogP contribution in [0.2, 0.25) is 0 Å². The van der Waals surface area contributed by atoms with Crippen LogP contribution >= 0.6 is 0 Å². The highest BCUT2D eigenvalue weighted by atomic mass is 16.5. The van der Waals surface area contributed by atoms with Crippen LogP contribution in [0.1, 0.15) is 97.8 Å². The predicted molar refractivity (Wildman–Crippen MR) is 127 cm³/mol. The third-order valence-electron chi connectivity index (χ3n) is 11.1. The minimum Gasteiger partial charge on any atom is -0.469 e. The van der Waals surface area contributed by atoms with Crippen molar-refractivity contribution in [2.45, 2.75) is 104 Å². The van der Waals surface area contributed by atoms with Gasteiger partial charge in [0.1, 0.15) is 0 Å². The molecule has 0 radical (unpaired) electrons. The number of aliphatic hydroxyl groups excluding tert-OH is 1. The molecule has 4 saturated carbocycles. The van der Waals surface area contributed by atoms with Gasteiger partial charge in [-0.25, -0.2) is 0 Å². The highest BCUT2D eigenvalue weighted by molar-refractivity contribution is 5.69. The van der Waals surface area contributed by atoms with Gasteiger partial charge < -0.3 is 14.6 Å². The average molecular weight is 449 g/mol. The molecule has 4 rings (SSSR count). The van der Waals surface area contributed by atoms with Gasteiger partial charge in [0.05, 0.1) is 13.2 Å². The first-order valence-electron chi connectivity index (χ1n) is 13.6. The number of esters is 1. The molecule has 32 heavy (non-hydrogen) atoms. The van der Waals surface area contributed by atoms with Crippen molar-refractivity contribution in [3.8, 4) is 0 Å². The van der Waals surface area contributed by atoms with Crippen LogP contribution in [-0.2, 0) is 14.3 Å². The van der Waals surface area contributed by atoms with Crippen LogP contribution in [0.5, 0.6) is 0 Å². The lowest BCUT2D eigenvalue weighted by molar-refractivity contribution is -0.142. The second kappa shape index (κ2) is 9.94. The molecule has 4 nitrogen and oxygen atoms in total. The highest BCUT2D eigenvalue weighted by Gasteiger charge is 2.60. The molecule has 0 heterocycles. The summed E-state index contributed by atoms with van der Waals surface area (Å²) in [6, 6.07) is 0. The molecule has 0 aromatic rings. The first kappa shape index (κ1) is 24.5. The Hall–Kier alpha value is -0.610. The van der Waals surface area contributed by atoms with Crippen molar-refractivity contribution in [1.82, 2.24) is 0 Å². The molecule has 9 atom stereocenters. The molecular weight excluding hydrogens is 400 g/mol. The van der Waals surface area contributed by atoms with Gasteiger partial charge in [0, 0.05) is 19.6 Å². The van der Waals surface area contributed by atoms with Gasteiger partial charge in [-0.15, -0.1) is 0 Å². The van der Waals surface area contributed by atoms with Crippen LogP contribution in [0.3, 0.4) is 0 Å². The van der Waals surface area contributed by atoms with E-state index >= 15 is 0 Å². The first-order chi connectivity index (χ1) is 15.3. The second-order valence-electron chi connectivity index (χ2n) is 12.3. The SMILES string of the molecule is COC(=O)CC[C@@H](C)[C@H]1CC[C@H]2[C@@H]3CCC4C[C@@H](OCCCO)CC[C@]4(C)[C@H]3CC[C@]12C. The summed E-state index contributed by atoms with van der Waals surface area (Å²) in [7, 11) is 1.51.